The molecule has 1 aromatic rings. The number of rotatable bonds is 9. The second-order valence-electron chi connectivity index (χ2n) is 5.17. The molecule has 1 amide bonds. The highest BCUT2D eigenvalue weighted by atomic mass is 35.5. The van der Waals surface area contributed by atoms with Crippen molar-refractivity contribution in [1.82, 2.24) is 4.90 Å². The van der Waals surface area contributed by atoms with Crippen LogP contribution >= 0.6 is 11.6 Å². The minimum absolute atomic E-state index is 0.0648. The zero-order chi connectivity index (χ0) is 17.4. The smallest absolute Gasteiger partial charge is 0.308 e. The van der Waals surface area contributed by atoms with Crippen molar-refractivity contribution < 1.29 is 23.8 Å². The van der Waals surface area contributed by atoms with Crippen molar-refractivity contribution in [3.63, 3.8) is 0 Å². The lowest BCUT2D eigenvalue weighted by molar-refractivity contribution is -0.141. The Labute approximate surface area is 140 Å². The number of carboxylic acid groups (broad SMARTS) is 1. The topological polar surface area (TPSA) is 66.8 Å². The second-order valence-corrected chi connectivity index (χ2v) is 5.58. The number of hydrogen-bond donors (Lipinski definition) is 1. The molecule has 0 aliphatic rings. The first kappa shape index (κ1) is 19.4. The summed E-state index contributed by atoms with van der Waals surface area (Å²) in [4.78, 5) is 25.0. The number of carbonyl (C=O) groups is 2. The highest BCUT2D eigenvalue weighted by molar-refractivity contribution is 6.31. The van der Waals surface area contributed by atoms with E-state index in [-0.39, 0.29) is 23.0 Å². The van der Waals surface area contributed by atoms with Crippen LogP contribution in [0, 0.1) is 11.7 Å². The molecule has 0 saturated carbocycles. The molecule has 0 aliphatic heterocycles. The SMILES string of the molecule is CCOCCCN(CC(C)C(=O)O)C(=O)c1ccc(F)c(Cl)c1. The van der Waals surface area contributed by atoms with Crippen molar-refractivity contribution >= 4 is 23.5 Å². The van der Waals surface area contributed by atoms with Gasteiger partial charge in [0.05, 0.1) is 10.9 Å². The van der Waals surface area contributed by atoms with E-state index in [9.17, 15) is 14.0 Å². The van der Waals surface area contributed by atoms with Crippen LogP contribution in [0.1, 0.15) is 30.6 Å². The van der Waals surface area contributed by atoms with Crippen LogP contribution in [0.15, 0.2) is 18.2 Å². The molecular weight excluding hydrogens is 325 g/mol. The summed E-state index contributed by atoms with van der Waals surface area (Å²) >= 11 is 5.70. The number of carbonyl (C=O) groups excluding carboxylic acids is 1. The Balaban J connectivity index is 2.85. The normalized spacial score (nSPS) is 12.0. The van der Waals surface area contributed by atoms with Crippen molar-refractivity contribution in [2.24, 2.45) is 5.92 Å². The van der Waals surface area contributed by atoms with Crippen LogP contribution in [-0.2, 0) is 9.53 Å². The zero-order valence-corrected chi connectivity index (χ0v) is 14.0. The maximum Gasteiger partial charge on any atom is 0.308 e. The van der Waals surface area contributed by atoms with Gasteiger partial charge in [0.1, 0.15) is 5.82 Å². The fourth-order valence-electron chi connectivity index (χ4n) is 2.00. The van der Waals surface area contributed by atoms with Gasteiger partial charge in [-0.2, -0.15) is 0 Å². The van der Waals surface area contributed by atoms with Crippen molar-refractivity contribution in [3.05, 3.63) is 34.6 Å². The molecule has 0 saturated heterocycles. The molecule has 5 nitrogen and oxygen atoms in total. The van der Waals surface area contributed by atoms with Gasteiger partial charge >= 0.3 is 5.97 Å². The molecule has 1 N–H and O–H groups in total. The lowest BCUT2D eigenvalue weighted by atomic mass is 10.1. The number of benzene rings is 1. The van der Waals surface area contributed by atoms with Gasteiger partial charge < -0.3 is 14.7 Å². The molecule has 0 radical (unpaired) electrons. The summed E-state index contributed by atoms with van der Waals surface area (Å²) in [6.07, 6.45) is 0.584. The average molecular weight is 346 g/mol. The van der Waals surface area contributed by atoms with Crippen molar-refractivity contribution in [1.29, 1.82) is 0 Å². The van der Waals surface area contributed by atoms with Crippen LogP contribution in [0.4, 0.5) is 4.39 Å². The van der Waals surface area contributed by atoms with Gasteiger partial charge in [0.25, 0.3) is 5.91 Å². The summed E-state index contributed by atoms with van der Waals surface area (Å²) in [5.74, 6) is -2.67. The average Bonchev–Trinajstić information content (AvgIpc) is 2.52. The number of hydrogen-bond acceptors (Lipinski definition) is 3. The minimum Gasteiger partial charge on any atom is -0.481 e. The highest BCUT2D eigenvalue weighted by Crippen LogP contribution is 2.18. The number of ether oxygens (including phenoxy) is 1. The van der Waals surface area contributed by atoms with Gasteiger partial charge in [0.15, 0.2) is 0 Å². The molecule has 0 bridgehead atoms. The van der Waals surface area contributed by atoms with Crippen molar-refractivity contribution in [2.75, 3.05) is 26.3 Å². The van der Waals surface area contributed by atoms with Gasteiger partial charge in [-0.05, 0) is 31.5 Å². The molecule has 1 atom stereocenters. The molecule has 23 heavy (non-hydrogen) atoms. The quantitative estimate of drug-likeness (QED) is 0.698. The first-order chi connectivity index (χ1) is 10.9. The molecule has 0 fully saturated rings. The molecular formula is C16H21ClFNO4. The second kappa shape index (κ2) is 9.47. The molecule has 1 unspecified atom stereocenters. The number of aliphatic carboxylic acids is 1. The predicted octanol–water partition coefficient (Wildman–Crippen LogP) is 3.07. The van der Waals surface area contributed by atoms with E-state index in [1.807, 2.05) is 6.92 Å². The van der Waals surface area contributed by atoms with Crippen LogP contribution in [0.25, 0.3) is 0 Å². The lowest BCUT2D eigenvalue weighted by Crippen LogP contribution is -2.38. The molecule has 1 rings (SSSR count). The Bertz CT molecular complexity index is 553. The molecule has 1 aromatic carbocycles. The molecule has 0 spiro atoms. The summed E-state index contributed by atoms with van der Waals surface area (Å²) in [5, 5.41) is 8.90. The third kappa shape index (κ3) is 6.15. The Morgan fingerprint density at radius 2 is 2.13 bits per heavy atom. The van der Waals surface area contributed by atoms with Gasteiger partial charge in [-0.25, -0.2) is 4.39 Å². The Morgan fingerprint density at radius 3 is 2.70 bits per heavy atom. The molecule has 0 aromatic heterocycles. The summed E-state index contributed by atoms with van der Waals surface area (Å²) in [6, 6.07) is 3.71. The van der Waals surface area contributed by atoms with Crippen LogP contribution in [0.2, 0.25) is 5.02 Å². The van der Waals surface area contributed by atoms with Gasteiger partial charge in [-0.1, -0.05) is 18.5 Å². The van der Waals surface area contributed by atoms with E-state index in [4.69, 9.17) is 21.4 Å². The first-order valence-corrected chi connectivity index (χ1v) is 7.79. The van der Waals surface area contributed by atoms with Gasteiger partial charge in [-0.3, -0.25) is 9.59 Å². The third-order valence-electron chi connectivity index (χ3n) is 3.29. The molecule has 0 heterocycles. The first-order valence-electron chi connectivity index (χ1n) is 7.41. The summed E-state index contributed by atoms with van der Waals surface area (Å²) in [7, 11) is 0. The number of amides is 1. The van der Waals surface area contributed by atoms with Crippen molar-refractivity contribution in [3.8, 4) is 0 Å². The fraction of sp³-hybridized carbons (Fsp3) is 0.500. The van der Waals surface area contributed by atoms with E-state index < -0.39 is 17.7 Å². The maximum absolute atomic E-state index is 13.2. The number of halogens is 2. The number of nitrogens with zero attached hydrogens (tertiary/aromatic N) is 1. The van der Waals surface area contributed by atoms with Gasteiger partial charge in [0.2, 0.25) is 0 Å². The minimum atomic E-state index is -0.982. The summed E-state index contributed by atoms with van der Waals surface area (Å²) in [5.41, 5.74) is 0.227. The van der Waals surface area contributed by atoms with Crippen LogP contribution in [-0.4, -0.2) is 48.2 Å². The Kier molecular flexibility index (Phi) is 7.98. The molecule has 7 heteroatoms. The van der Waals surface area contributed by atoms with Crippen LogP contribution < -0.4 is 0 Å². The van der Waals surface area contributed by atoms with Crippen LogP contribution in [0.5, 0.6) is 0 Å². The van der Waals surface area contributed by atoms with Crippen molar-refractivity contribution in [2.45, 2.75) is 20.3 Å². The third-order valence-corrected chi connectivity index (χ3v) is 3.58. The van der Waals surface area contributed by atoms with E-state index in [0.29, 0.717) is 26.2 Å². The standard InChI is InChI=1S/C16H21ClFNO4/c1-3-23-8-4-7-19(10-11(2)16(21)22)15(20)12-5-6-14(18)13(17)9-12/h5-6,9,11H,3-4,7-8,10H2,1-2H3,(H,21,22). The Hall–Kier alpha value is -1.66. The van der Waals surface area contributed by atoms with E-state index in [0.717, 1.165) is 6.07 Å². The molecule has 128 valence electrons. The fourth-order valence-corrected chi connectivity index (χ4v) is 2.18. The van der Waals surface area contributed by atoms with E-state index >= 15 is 0 Å². The largest absolute Gasteiger partial charge is 0.481 e. The van der Waals surface area contributed by atoms with E-state index in [2.05, 4.69) is 0 Å². The Morgan fingerprint density at radius 1 is 1.43 bits per heavy atom. The highest BCUT2D eigenvalue weighted by Gasteiger charge is 2.22. The van der Waals surface area contributed by atoms with Gasteiger partial charge in [-0.15, -0.1) is 0 Å². The molecule has 0 aliphatic carbocycles. The van der Waals surface area contributed by atoms with E-state index in [1.165, 1.54) is 24.0 Å². The van der Waals surface area contributed by atoms with Crippen LogP contribution in [0.3, 0.4) is 0 Å². The van der Waals surface area contributed by atoms with Gasteiger partial charge in [0, 0.05) is 31.9 Å². The lowest BCUT2D eigenvalue weighted by Gasteiger charge is -2.24. The summed E-state index contributed by atoms with van der Waals surface area (Å²) < 4.78 is 18.4. The van der Waals surface area contributed by atoms with E-state index in [1.54, 1.807) is 0 Å². The predicted molar refractivity (Wildman–Crippen MR) is 85.2 cm³/mol. The maximum atomic E-state index is 13.2. The monoisotopic (exact) mass is 345 g/mol. The number of carboxylic acids is 1. The summed E-state index contributed by atoms with van der Waals surface area (Å²) in [6.45, 7) is 4.87. The zero-order valence-electron chi connectivity index (χ0n) is 13.2.